The summed E-state index contributed by atoms with van der Waals surface area (Å²) < 4.78 is 12.9. The van der Waals surface area contributed by atoms with Crippen molar-refractivity contribution in [1.82, 2.24) is 0 Å². The van der Waals surface area contributed by atoms with Gasteiger partial charge < -0.3 is 18.4 Å². The van der Waals surface area contributed by atoms with Gasteiger partial charge in [0.05, 0.1) is 68.7 Å². The Bertz CT molecular complexity index is 160. The highest BCUT2D eigenvalue weighted by atomic mass is 79.9. The molecule has 18 heavy (non-hydrogen) atoms. The Morgan fingerprint density at radius 1 is 0.556 bits per heavy atom. The Morgan fingerprint density at radius 3 is 1.06 bits per heavy atom. The van der Waals surface area contributed by atoms with Crippen molar-refractivity contribution >= 4 is 34.0 Å². The van der Waals surface area contributed by atoms with Gasteiger partial charge in [0.25, 0.3) is 0 Å². The fourth-order valence-electron chi connectivity index (χ4n) is 0.999. The minimum atomic E-state index is 0. The van der Waals surface area contributed by atoms with E-state index in [-0.39, 0.29) is 34.0 Å². The fourth-order valence-corrected chi connectivity index (χ4v) is 0.999. The second-order valence-corrected chi connectivity index (χ2v) is 6.25. The van der Waals surface area contributed by atoms with Crippen LogP contribution in [0.5, 0.6) is 0 Å². The van der Waals surface area contributed by atoms with Crippen molar-refractivity contribution < 1.29 is 18.4 Å². The van der Waals surface area contributed by atoms with Gasteiger partial charge >= 0.3 is 0 Å². The maximum Gasteiger partial charge on any atom is 0.102 e. The second kappa shape index (κ2) is 11.6. The maximum absolute atomic E-state index is 5.50. The van der Waals surface area contributed by atoms with Crippen LogP contribution < -0.4 is 0 Å². The van der Waals surface area contributed by atoms with Crippen molar-refractivity contribution in [3.63, 3.8) is 0 Å². The van der Waals surface area contributed by atoms with Gasteiger partial charge in [-0.15, -0.1) is 34.0 Å². The number of hydrogen-bond donors (Lipinski definition) is 0. The molecule has 0 radical (unpaired) electrons. The highest BCUT2D eigenvalue weighted by Gasteiger charge is 2.06. The van der Waals surface area contributed by atoms with Crippen LogP contribution in [0.1, 0.15) is 0 Å². The van der Waals surface area contributed by atoms with Crippen LogP contribution in [0.25, 0.3) is 0 Å². The number of hydrogen-bond acceptors (Lipinski definition) is 2. The van der Waals surface area contributed by atoms with Gasteiger partial charge in [-0.1, -0.05) is 0 Å². The maximum atomic E-state index is 5.50. The average molecular weight is 396 g/mol. The van der Waals surface area contributed by atoms with E-state index < -0.39 is 0 Å². The standard InChI is InChI=1S/C12H30N2O2.2BrH/c1-13(2,3)7-9-15-11-12-16-10-8-14(4,5)6;;/h7-12H2,1-6H3;2*1H/q+2;;. The minimum absolute atomic E-state index is 0. The molecule has 0 bridgehead atoms. The minimum Gasteiger partial charge on any atom is -0.373 e. The molecule has 0 aliphatic heterocycles. The summed E-state index contributed by atoms with van der Waals surface area (Å²) in [6, 6.07) is 0. The van der Waals surface area contributed by atoms with Crippen LogP contribution in [-0.2, 0) is 9.47 Å². The van der Waals surface area contributed by atoms with Crippen LogP contribution in [0.2, 0.25) is 0 Å². The van der Waals surface area contributed by atoms with Crippen LogP contribution in [0.15, 0.2) is 0 Å². The largest absolute Gasteiger partial charge is 0.373 e. The third kappa shape index (κ3) is 22.0. The molecule has 4 nitrogen and oxygen atoms in total. The zero-order valence-electron chi connectivity index (χ0n) is 12.8. The van der Waals surface area contributed by atoms with E-state index in [1.165, 1.54) is 0 Å². The lowest BCUT2D eigenvalue weighted by Gasteiger charge is -2.24. The highest BCUT2D eigenvalue weighted by molar-refractivity contribution is 8.93. The van der Waals surface area contributed by atoms with E-state index in [9.17, 15) is 0 Å². The summed E-state index contributed by atoms with van der Waals surface area (Å²) in [7, 11) is 13.0. The van der Waals surface area contributed by atoms with Gasteiger partial charge in [0, 0.05) is 0 Å². The molecule has 0 heterocycles. The lowest BCUT2D eigenvalue weighted by atomic mass is 10.5. The molecular weight excluding hydrogens is 364 g/mol. The first-order chi connectivity index (χ1) is 7.21. The lowest BCUT2D eigenvalue weighted by molar-refractivity contribution is -0.871. The van der Waals surface area contributed by atoms with Gasteiger partial charge in [-0.25, -0.2) is 0 Å². The van der Waals surface area contributed by atoms with Crippen molar-refractivity contribution in [2.24, 2.45) is 0 Å². The SMILES string of the molecule is Br.Br.C[N+](C)(C)CCOCCOCC[N+](C)(C)C. The molecule has 0 saturated heterocycles. The molecule has 0 unspecified atom stereocenters. The summed E-state index contributed by atoms with van der Waals surface area (Å²) in [6.45, 7) is 5.11. The lowest BCUT2D eigenvalue weighted by Crippen LogP contribution is -2.38. The smallest absolute Gasteiger partial charge is 0.102 e. The van der Waals surface area contributed by atoms with Gasteiger partial charge in [-0.05, 0) is 0 Å². The molecule has 0 fully saturated rings. The van der Waals surface area contributed by atoms with Crippen LogP contribution in [0.3, 0.4) is 0 Å². The zero-order chi connectivity index (χ0) is 12.7. The Labute approximate surface area is 134 Å². The molecule has 0 spiro atoms. The predicted molar refractivity (Wildman–Crippen MR) is 88.1 cm³/mol. The van der Waals surface area contributed by atoms with Crippen molar-refractivity contribution in [2.75, 3.05) is 81.8 Å². The van der Waals surface area contributed by atoms with E-state index in [0.29, 0.717) is 13.2 Å². The van der Waals surface area contributed by atoms with E-state index in [1.54, 1.807) is 0 Å². The van der Waals surface area contributed by atoms with E-state index in [0.717, 1.165) is 35.3 Å². The molecule has 0 aromatic heterocycles. The number of likely N-dealkylation sites (N-methyl/N-ethyl adjacent to an activating group) is 2. The third-order valence-electron chi connectivity index (χ3n) is 2.18. The summed E-state index contributed by atoms with van der Waals surface area (Å²) in [5.74, 6) is 0. The first-order valence-corrected chi connectivity index (χ1v) is 5.97. The monoisotopic (exact) mass is 394 g/mol. The zero-order valence-corrected chi connectivity index (χ0v) is 16.2. The Kier molecular flexibility index (Phi) is 15.4. The Hall–Kier alpha value is 0.800. The Balaban J connectivity index is -0.00000112. The number of quaternary nitrogens is 2. The fraction of sp³-hybridized carbons (Fsp3) is 1.00. The molecule has 0 aliphatic carbocycles. The Morgan fingerprint density at radius 2 is 0.833 bits per heavy atom. The summed E-state index contributed by atoms with van der Waals surface area (Å²) in [6.07, 6.45) is 0. The van der Waals surface area contributed by atoms with Crippen LogP contribution in [0, 0.1) is 0 Å². The van der Waals surface area contributed by atoms with Crippen molar-refractivity contribution in [2.45, 2.75) is 0 Å². The summed E-state index contributed by atoms with van der Waals surface area (Å²) in [5, 5.41) is 0. The molecular formula is C12H32Br2N2O2+2. The molecule has 0 N–H and O–H groups in total. The molecule has 0 aromatic carbocycles. The number of halogens is 2. The van der Waals surface area contributed by atoms with E-state index in [1.807, 2.05) is 0 Å². The third-order valence-corrected chi connectivity index (χ3v) is 2.18. The molecule has 0 aromatic rings. The molecule has 0 amide bonds. The van der Waals surface area contributed by atoms with Crippen molar-refractivity contribution in [3.8, 4) is 0 Å². The normalized spacial score (nSPS) is 11.7. The van der Waals surface area contributed by atoms with Crippen molar-refractivity contribution in [1.29, 1.82) is 0 Å². The van der Waals surface area contributed by atoms with Crippen LogP contribution in [0.4, 0.5) is 0 Å². The average Bonchev–Trinajstić information content (AvgIpc) is 2.06. The van der Waals surface area contributed by atoms with Gasteiger partial charge in [-0.2, -0.15) is 0 Å². The molecule has 114 valence electrons. The molecule has 6 heteroatoms. The van der Waals surface area contributed by atoms with Crippen LogP contribution in [-0.4, -0.2) is 90.8 Å². The molecule has 0 aliphatic rings. The molecule has 0 atom stereocenters. The van der Waals surface area contributed by atoms with Gasteiger partial charge in [0.1, 0.15) is 13.1 Å². The predicted octanol–water partition coefficient (Wildman–Crippen LogP) is 1.59. The van der Waals surface area contributed by atoms with Gasteiger partial charge in [-0.3, -0.25) is 0 Å². The highest BCUT2D eigenvalue weighted by Crippen LogP contribution is 1.91. The molecule has 0 rings (SSSR count). The quantitative estimate of drug-likeness (QED) is 0.436. The number of ether oxygens (including phenoxy) is 2. The summed E-state index contributed by atoms with van der Waals surface area (Å²) >= 11 is 0. The summed E-state index contributed by atoms with van der Waals surface area (Å²) in [4.78, 5) is 0. The first kappa shape index (κ1) is 23.9. The van der Waals surface area contributed by atoms with Gasteiger partial charge in [0.2, 0.25) is 0 Å². The number of nitrogens with zero attached hydrogens (tertiary/aromatic N) is 2. The summed E-state index contributed by atoms with van der Waals surface area (Å²) in [5.41, 5.74) is 0. The second-order valence-electron chi connectivity index (χ2n) is 6.25. The topological polar surface area (TPSA) is 18.5 Å². The number of rotatable bonds is 9. The van der Waals surface area contributed by atoms with E-state index in [2.05, 4.69) is 42.3 Å². The van der Waals surface area contributed by atoms with Crippen LogP contribution >= 0.6 is 34.0 Å². The van der Waals surface area contributed by atoms with E-state index >= 15 is 0 Å². The van der Waals surface area contributed by atoms with Crippen molar-refractivity contribution in [3.05, 3.63) is 0 Å². The first-order valence-electron chi connectivity index (χ1n) is 5.97. The molecule has 0 saturated carbocycles. The van der Waals surface area contributed by atoms with Gasteiger partial charge in [0.15, 0.2) is 0 Å². The van der Waals surface area contributed by atoms with E-state index in [4.69, 9.17) is 9.47 Å².